The standard InChI is InChI=1S/C27H24N2O4/c30-25-22-18-11-12-19(15-18)23(22)26(31)29(25)20(14-16-6-2-1-3-7-16)27(32)33-21-10-4-8-17-9-5-13-28-24(17)21/h1-10,13,18-20,22-23H,11-12,14-15H2/t18-,19-,20-,22-,23-/m0/s1. The van der Waals surface area contributed by atoms with Crippen LogP contribution in [0.2, 0.25) is 0 Å². The largest absolute Gasteiger partial charge is 0.423 e. The molecule has 2 saturated carbocycles. The normalized spacial score (nSPS) is 26.6. The van der Waals surface area contributed by atoms with Gasteiger partial charge in [-0.1, -0.05) is 48.5 Å². The number of ether oxygens (including phenoxy) is 1. The van der Waals surface area contributed by atoms with Crippen molar-refractivity contribution in [1.29, 1.82) is 0 Å². The molecule has 1 aliphatic heterocycles. The molecule has 1 saturated heterocycles. The summed E-state index contributed by atoms with van der Waals surface area (Å²) in [6.45, 7) is 0. The van der Waals surface area contributed by atoms with E-state index in [1.54, 1.807) is 18.3 Å². The van der Waals surface area contributed by atoms with Crippen LogP contribution in [-0.2, 0) is 20.8 Å². The van der Waals surface area contributed by atoms with Crippen molar-refractivity contribution in [2.75, 3.05) is 0 Å². The number of carbonyl (C=O) groups excluding carboxylic acids is 3. The summed E-state index contributed by atoms with van der Waals surface area (Å²) in [6, 6.07) is 17.6. The van der Waals surface area contributed by atoms with Crippen molar-refractivity contribution in [3.63, 3.8) is 0 Å². The first-order valence-electron chi connectivity index (χ1n) is 11.6. The molecule has 5 atom stereocenters. The lowest BCUT2D eigenvalue weighted by Gasteiger charge is -2.26. The van der Waals surface area contributed by atoms with Crippen LogP contribution in [0.25, 0.3) is 10.9 Å². The smallest absolute Gasteiger partial charge is 0.335 e. The third-order valence-electron chi connectivity index (χ3n) is 7.62. The fraction of sp³-hybridized carbons (Fsp3) is 0.333. The Bertz CT molecular complexity index is 1220. The second-order valence-corrected chi connectivity index (χ2v) is 9.39. The van der Waals surface area contributed by atoms with Gasteiger partial charge >= 0.3 is 5.97 Å². The summed E-state index contributed by atoms with van der Waals surface area (Å²) in [5.74, 6) is -0.712. The molecule has 3 aromatic rings. The van der Waals surface area contributed by atoms with Crippen LogP contribution in [0, 0.1) is 23.7 Å². The minimum Gasteiger partial charge on any atom is -0.423 e. The minimum absolute atomic E-state index is 0.203. The maximum absolute atomic E-state index is 13.5. The quantitative estimate of drug-likeness (QED) is 0.343. The molecule has 2 heterocycles. The number of aromatic nitrogens is 1. The summed E-state index contributed by atoms with van der Waals surface area (Å²) in [7, 11) is 0. The first kappa shape index (κ1) is 20.1. The van der Waals surface area contributed by atoms with Crippen molar-refractivity contribution in [1.82, 2.24) is 9.88 Å². The lowest BCUT2D eigenvalue weighted by molar-refractivity contribution is -0.154. The number of imide groups is 1. The van der Waals surface area contributed by atoms with Crippen LogP contribution in [0.3, 0.4) is 0 Å². The lowest BCUT2D eigenvalue weighted by Crippen LogP contribution is -2.49. The Labute approximate surface area is 191 Å². The lowest BCUT2D eigenvalue weighted by atomic mass is 9.81. The van der Waals surface area contributed by atoms with Crippen molar-refractivity contribution < 1.29 is 19.1 Å². The molecule has 1 aromatic heterocycles. The van der Waals surface area contributed by atoms with E-state index in [0.29, 0.717) is 11.3 Å². The molecule has 0 N–H and O–H groups in total. The number of hydrogen-bond donors (Lipinski definition) is 0. The van der Waals surface area contributed by atoms with E-state index in [1.165, 1.54) is 4.90 Å². The van der Waals surface area contributed by atoms with E-state index in [2.05, 4.69) is 4.98 Å². The second kappa shape index (κ2) is 7.80. The van der Waals surface area contributed by atoms with Gasteiger partial charge in [-0.25, -0.2) is 4.79 Å². The van der Waals surface area contributed by atoms with Crippen LogP contribution in [0.5, 0.6) is 5.75 Å². The van der Waals surface area contributed by atoms with E-state index in [4.69, 9.17) is 4.74 Å². The number of para-hydroxylation sites is 1. The number of amides is 2. The van der Waals surface area contributed by atoms with Crippen molar-refractivity contribution >= 4 is 28.7 Å². The van der Waals surface area contributed by atoms with Crippen LogP contribution in [-0.4, -0.2) is 33.7 Å². The summed E-state index contributed by atoms with van der Waals surface area (Å²) in [5, 5.41) is 0.849. The van der Waals surface area contributed by atoms with Crippen LogP contribution < -0.4 is 4.74 Å². The number of likely N-dealkylation sites (tertiary alicyclic amines) is 1. The van der Waals surface area contributed by atoms with Gasteiger partial charge in [-0.05, 0) is 48.8 Å². The van der Waals surface area contributed by atoms with Crippen molar-refractivity contribution in [3.05, 3.63) is 72.4 Å². The Morgan fingerprint density at radius 1 is 0.939 bits per heavy atom. The predicted molar refractivity (Wildman–Crippen MR) is 121 cm³/mol. The van der Waals surface area contributed by atoms with Crippen LogP contribution in [0.1, 0.15) is 24.8 Å². The van der Waals surface area contributed by atoms with Gasteiger partial charge in [0.2, 0.25) is 11.8 Å². The van der Waals surface area contributed by atoms with Gasteiger partial charge in [-0.15, -0.1) is 0 Å². The third-order valence-corrected chi connectivity index (χ3v) is 7.62. The average molecular weight is 440 g/mol. The Hall–Kier alpha value is -3.54. The molecule has 2 aliphatic carbocycles. The summed E-state index contributed by atoms with van der Waals surface area (Å²) in [6.07, 6.45) is 4.81. The van der Waals surface area contributed by atoms with E-state index >= 15 is 0 Å². The second-order valence-electron chi connectivity index (χ2n) is 9.39. The topological polar surface area (TPSA) is 76.6 Å². The highest BCUT2D eigenvalue weighted by Crippen LogP contribution is 2.56. The van der Waals surface area contributed by atoms with Gasteiger partial charge in [0.15, 0.2) is 5.75 Å². The number of nitrogens with zero attached hydrogens (tertiary/aromatic N) is 2. The molecule has 2 bridgehead atoms. The first-order chi connectivity index (χ1) is 16.1. The molecule has 6 nitrogen and oxygen atoms in total. The van der Waals surface area contributed by atoms with Gasteiger partial charge < -0.3 is 4.74 Å². The Kier molecular flexibility index (Phi) is 4.75. The number of esters is 1. The number of pyridine rings is 1. The van der Waals surface area contributed by atoms with Gasteiger partial charge in [0.25, 0.3) is 0 Å². The zero-order chi connectivity index (χ0) is 22.5. The number of rotatable bonds is 5. The zero-order valence-electron chi connectivity index (χ0n) is 18.1. The van der Waals surface area contributed by atoms with Gasteiger partial charge in [0, 0.05) is 18.0 Å². The Morgan fingerprint density at radius 2 is 1.64 bits per heavy atom. The molecule has 6 rings (SSSR count). The highest BCUT2D eigenvalue weighted by Gasteiger charge is 2.62. The zero-order valence-corrected chi connectivity index (χ0v) is 18.1. The number of carbonyl (C=O) groups is 3. The van der Waals surface area contributed by atoms with Crippen LogP contribution in [0.15, 0.2) is 66.9 Å². The van der Waals surface area contributed by atoms with Crippen LogP contribution in [0.4, 0.5) is 0 Å². The monoisotopic (exact) mass is 440 g/mol. The predicted octanol–water partition coefficient (Wildman–Crippen LogP) is 3.78. The van der Waals surface area contributed by atoms with Crippen molar-refractivity contribution in [3.8, 4) is 5.75 Å². The Balaban J connectivity index is 1.35. The maximum atomic E-state index is 13.5. The molecular formula is C27H24N2O4. The molecule has 3 fully saturated rings. The van der Waals surface area contributed by atoms with Gasteiger partial charge in [-0.3, -0.25) is 19.5 Å². The third kappa shape index (κ3) is 3.24. The fourth-order valence-electron chi connectivity index (χ4n) is 6.19. The number of hydrogen-bond acceptors (Lipinski definition) is 5. The molecule has 0 spiro atoms. The van der Waals surface area contributed by atoms with E-state index in [-0.39, 0.29) is 41.9 Å². The molecule has 3 aliphatic rings. The van der Waals surface area contributed by atoms with Gasteiger partial charge in [-0.2, -0.15) is 0 Å². The molecule has 0 radical (unpaired) electrons. The fourth-order valence-corrected chi connectivity index (χ4v) is 6.19. The Morgan fingerprint density at radius 3 is 2.36 bits per heavy atom. The van der Waals surface area contributed by atoms with E-state index in [0.717, 1.165) is 30.2 Å². The summed E-state index contributed by atoms with van der Waals surface area (Å²) in [4.78, 5) is 46.1. The van der Waals surface area contributed by atoms with E-state index in [9.17, 15) is 14.4 Å². The van der Waals surface area contributed by atoms with Crippen molar-refractivity contribution in [2.24, 2.45) is 23.7 Å². The SMILES string of the molecule is O=C(Oc1cccc2cccnc12)[C@H](Cc1ccccc1)N1C(=O)[C@H]2[C@H]3CC[C@@H](C3)[C@@H]2C1=O. The average Bonchev–Trinajstić information content (AvgIpc) is 3.52. The van der Waals surface area contributed by atoms with Crippen molar-refractivity contribution in [2.45, 2.75) is 31.7 Å². The van der Waals surface area contributed by atoms with Gasteiger partial charge in [0.05, 0.1) is 11.8 Å². The molecule has 2 amide bonds. The molecule has 6 heteroatoms. The van der Waals surface area contributed by atoms with E-state index in [1.807, 2.05) is 48.5 Å². The highest BCUT2D eigenvalue weighted by atomic mass is 16.5. The number of benzene rings is 2. The molecular weight excluding hydrogens is 416 g/mol. The summed E-state index contributed by atoms with van der Waals surface area (Å²) >= 11 is 0. The minimum atomic E-state index is -1.00. The molecule has 2 aromatic carbocycles. The summed E-state index contributed by atoms with van der Waals surface area (Å²) < 4.78 is 5.81. The van der Waals surface area contributed by atoms with E-state index < -0.39 is 12.0 Å². The maximum Gasteiger partial charge on any atom is 0.335 e. The molecule has 0 unspecified atom stereocenters. The molecule has 166 valence electrons. The first-order valence-corrected chi connectivity index (χ1v) is 11.6. The number of fused-ring (bicyclic) bond motifs is 6. The summed E-state index contributed by atoms with van der Waals surface area (Å²) in [5.41, 5.74) is 1.44. The molecule has 33 heavy (non-hydrogen) atoms. The highest BCUT2D eigenvalue weighted by molar-refractivity contribution is 6.09. The van der Waals surface area contributed by atoms with Crippen LogP contribution >= 0.6 is 0 Å². The van der Waals surface area contributed by atoms with Gasteiger partial charge in [0.1, 0.15) is 11.6 Å².